The summed E-state index contributed by atoms with van der Waals surface area (Å²) < 4.78 is 12.2. The van der Waals surface area contributed by atoms with Crippen LogP contribution in [-0.4, -0.2) is 9.28 Å². The molecule has 0 fully saturated rings. The number of aryl methyl sites for hydroxylation is 1. The van der Waals surface area contributed by atoms with E-state index < -0.39 is 9.28 Å². The third kappa shape index (κ3) is 5.00. The van der Waals surface area contributed by atoms with Gasteiger partial charge in [0.15, 0.2) is 0 Å². The molecule has 0 amide bonds. The maximum atomic E-state index is 6.12. The number of hydrogen-bond donors (Lipinski definition) is 0. The van der Waals surface area contributed by atoms with Crippen LogP contribution in [0.25, 0.3) is 0 Å². The van der Waals surface area contributed by atoms with Crippen molar-refractivity contribution in [2.45, 2.75) is 12.5 Å². The molecule has 23 heavy (non-hydrogen) atoms. The molecule has 0 atom stereocenters. The Kier molecular flexibility index (Phi) is 5.48. The van der Waals surface area contributed by atoms with Crippen molar-refractivity contribution in [3.05, 3.63) is 96.6 Å². The first-order valence-electron chi connectivity index (χ1n) is 7.76. The molecule has 0 heterocycles. The Hall–Kier alpha value is -2.52. The molecular weight excluding hydrogens is 300 g/mol. The minimum absolute atomic E-state index is 0.866. The first kappa shape index (κ1) is 15.4. The van der Waals surface area contributed by atoms with Gasteiger partial charge in [-0.2, -0.15) is 0 Å². The highest BCUT2D eigenvalue weighted by Gasteiger charge is 2.21. The molecule has 3 rings (SSSR count). The molecule has 0 saturated heterocycles. The summed E-state index contributed by atoms with van der Waals surface area (Å²) in [6.45, 7) is 0. The van der Waals surface area contributed by atoms with Crippen molar-refractivity contribution in [2.24, 2.45) is 0 Å². The maximum absolute atomic E-state index is 6.12. The van der Waals surface area contributed by atoms with Crippen LogP contribution in [0.3, 0.4) is 0 Å². The zero-order valence-electron chi connectivity index (χ0n) is 12.9. The molecule has 3 aromatic carbocycles. The maximum Gasteiger partial charge on any atom is 0.532 e. The minimum Gasteiger partial charge on any atom is -0.510 e. The first-order chi connectivity index (χ1) is 11.4. The van der Waals surface area contributed by atoms with Crippen LogP contribution in [0.5, 0.6) is 11.5 Å². The van der Waals surface area contributed by atoms with E-state index in [0.717, 1.165) is 24.0 Å². The van der Waals surface area contributed by atoms with Crippen molar-refractivity contribution >= 4 is 9.28 Å². The van der Waals surface area contributed by atoms with Crippen LogP contribution < -0.4 is 8.85 Å². The molecule has 0 saturated carbocycles. The fourth-order valence-corrected chi connectivity index (χ4v) is 3.79. The smallest absolute Gasteiger partial charge is 0.510 e. The molecule has 2 nitrogen and oxygen atoms in total. The van der Waals surface area contributed by atoms with E-state index >= 15 is 0 Å². The van der Waals surface area contributed by atoms with E-state index in [1.807, 2.05) is 66.7 Å². The molecule has 115 valence electrons. The first-order valence-corrected chi connectivity index (χ1v) is 9.28. The van der Waals surface area contributed by atoms with Gasteiger partial charge in [0.25, 0.3) is 0 Å². The highest BCUT2D eigenvalue weighted by molar-refractivity contribution is 6.46. The lowest BCUT2D eigenvalue weighted by atomic mass is 10.2. The lowest BCUT2D eigenvalue weighted by Crippen LogP contribution is -2.30. The fourth-order valence-electron chi connectivity index (χ4n) is 2.25. The van der Waals surface area contributed by atoms with Gasteiger partial charge in [-0.25, -0.2) is 0 Å². The van der Waals surface area contributed by atoms with Gasteiger partial charge in [0.05, 0.1) is 0 Å². The largest absolute Gasteiger partial charge is 0.532 e. The van der Waals surface area contributed by atoms with Crippen molar-refractivity contribution in [2.75, 3.05) is 0 Å². The molecule has 0 aromatic heterocycles. The highest BCUT2D eigenvalue weighted by Crippen LogP contribution is 2.17. The normalized spacial score (nSPS) is 10.5. The number of benzene rings is 3. The van der Waals surface area contributed by atoms with E-state index in [2.05, 4.69) is 24.3 Å². The van der Waals surface area contributed by atoms with Gasteiger partial charge in [-0.3, -0.25) is 0 Å². The van der Waals surface area contributed by atoms with Crippen molar-refractivity contribution in [3.8, 4) is 11.5 Å². The van der Waals surface area contributed by atoms with Crippen LogP contribution in [-0.2, 0) is 6.42 Å². The van der Waals surface area contributed by atoms with E-state index in [-0.39, 0.29) is 0 Å². The van der Waals surface area contributed by atoms with Gasteiger partial charge in [0.1, 0.15) is 11.5 Å². The van der Waals surface area contributed by atoms with Gasteiger partial charge in [0.2, 0.25) is 0 Å². The van der Waals surface area contributed by atoms with Crippen LogP contribution in [0.4, 0.5) is 0 Å². The summed E-state index contributed by atoms with van der Waals surface area (Å²) in [5, 5.41) is 0. The van der Waals surface area contributed by atoms with Gasteiger partial charge >= 0.3 is 9.28 Å². The Labute approximate surface area is 139 Å². The average Bonchev–Trinajstić information content (AvgIpc) is 2.62. The molecule has 3 heteroatoms. The summed E-state index contributed by atoms with van der Waals surface area (Å²) in [7, 11) is -1.45. The highest BCUT2D eigenvalue weighted by atomic mass is 28.3. The molecular formula is C20H19O2Si. The summed E-state index contributed by atoms with van der Waals surface area (Å²) in [5.41, 5.74) is 1.31. The molecule has 0 spiro atoms. The summed E-state index contributed by atoms with van der Waals surface area (Å²) in [4.78, 5) is 0. The van der Waals surface area contributed by atoms with E-state index in [0.29, 0.717) is 0 Å². The Morgan fingerprint density at radius 2 is 1.00 bits per heavy atom. The van der Waals surface area contributed by atoms with E-state index in [1.54, 1.807) is 0 Å². The van der Waals surface area contributed by atoms with Crippen molar-refractivity contribution in [3.63, 3.8) is 0 Å². The monoisotopic (exact) mass is 319 g/mol. The average molecular weight is 319 g/mol. The molecule has 0 unspecified atom stereocenters. The van der Waals surface area contributed by atoms with Crippen LogP contribution in [0, 0.1) is 0 Å². The van der Waals surface area contributed by atoms with Gasteiger partial charge in [-0.05, 0) is 36.2 Å². The lowest BCUT2D eigenvalue weighted by Gasteiger charge is -2.17. The number of rotatable bonds is 7. The van der Waals surface area contributed by atoms with Crippen molar-refractivity contribution in [1.82, 2.24) is 0 Å². The second kappa shape index (κ2) is 8.20. The number of para-hydroxylation sites is 2. The summed E-state index contributed by atoms with van der Waals surface area (Å²) in [6, 6.07) is 31.1. The zero-order valence-corrected chi connectivity index (χ0v) is 13.9. The molecule has 1 radical (unpaired) electrons. The van der Waals surface area contributed by atoms with E-state index in [4.69, 9.17) is 8.85 Å². The third-order valence-electron chi connectivity index (χ3n) is 3.41. The van der Waals surface area contributed by atoms with Crippen LogP contribution in [0.1, 0.15) is 5.56 Å². The molecule has 0 aliphatic carbocycles. The SMILES string of the molecule is c1ccc(CC[Si](Oc2ccccc2)Oc2ccccc2)cc1. The van der Waals surface area contributed by atoms with Gasteiger partial charge in [-0.1, -0.05) is 66.7 Å². The standard InChI is InChI=1S/C20H19O2Si/c1-4-10-18(11-5-1)16-17-23(21-19-12-6-2-7-13-19)22-20-14-8-3-9-15-20/h1-15H,16-17H2. The Bertz CT molecular complexity index is 645. The third-order valence-corrected chi connectivity index (χ3v) is 5.00. The van der Waals surface area contributed by atoms with Crippen molar-refractivity contribution < 1.29 is 8.85 Å². The predicted octanol–water partition coefficient (Wildman–Crippen LogP) is 4.88. The Morgan fingerprint density at radius 3 is 1.48 bits per heavy atom. The van der Waals surface area contributed by atoms with E-state index in [9.17, 15) is 0 Å². The zero-order chi connectivity index (χ0) is 15.7. The molecule has 0 aliphatic heterocycles. The Balaban J connectivity index is 1.67. The molecule has 0 N–H and O–H groups in total. The van der Waals surface area contributed by atoms with Crippen molar-refractivity contribution in [1.29, 1.82) is 0 Å². The summed E-state index contributed by atoms with van der Waals surface area (Å²) in [5.74, 6) is 1.73. The van der Waals surface area contributed by atoms with Gasteiger partial charge < -0.3 is 8.85 Å². The molecule has 0 aliphatic rings. The molecule has 3 aromatic rings. The second-order valence-corrected chi connectivity index (χ2v) is 6.84. The van der Waals surface area contributed by atoms with Crippen LogP contribution >= 0.6 is 0 Å². The van der Waals surface area contributed by atoms with Crippen LogP contribution in [0.2, 0.25) is 6.04 Å². The van der Waals surface area contributed by atoms with E-state index in [1.165, 1.54) is 5.56 Å². The minimum atomic E-state index is -1.45. The van der Waals surface area contributed by atoms with Gasteiger partial charge in [-0.15, -0.1) is 0 Å². The quantitative estimate of drug-likeness (QED) is 0.578. The summed E-state index contributed by atoms with van der Waals surface area (Å²) in [6.07, 6.45) is 0.953. The summed E-state index contributed by atoms with van der Waals surface area (Å²) >= 11 is 0. The fraction of sp³-hybridized carbons (Fsp3) is 0.100. The topological polar surface area (TPSA) is 18.5 Å². The predicted molar refractivity (Wildman–Crippen MR) is 94.8 cm³/mol. The van der Waals surface area contributed by atoms with Gasteiger partial charge in [0, 0.05) is 6.04 Å². The second-order valence-electron chi connectivity index (χ2n) is 5.19. The number of hydrogen-bond acceptors (Lipinski definition) is 2. The Morgan fingerprint density at radius 1 is 0.565 bits per heavy atom. The van der Waals surface area contributed by atoms with Crippen LogP contribution in [0.15, 0.2) is 91.0 Å². The molecule has 0 bridgehead atoms. The lowest BCUT2D eigenvalue weighted by molar-refractivity contribution is 0.420.